The van der Waals surface area contributed by atoms with Crippen LogP contribution in [0.2, 0.25) is 0 Å². The van der Waals surface area contributed by atoms with E-state index >= 15 is 0 Å². The molecule has 0 unspecified atom stereocenters. The lowest BCUT2D eigenvalue weighted by atomic mass is 10.1. The lowest BCUT2D eigenvalue weighted by Gasteiger charge is -2.26. The predicted molar refractivity (Wildman–Crippen MR) is 88.9 cm³/mol. The van der Waals surface area contributed by atoms with Crippen molar-refractivity contribution in [2.24, 2.45) is 0 Å². The Morgan fingerprint density at radius 1 is 1.33 bits per heavy atom. The summed E-state index contributed by atoms with van der Waals surface area (Å²) in [5.74, 6) is 0.304. The van der Waals surface area contributed by atoms with E-state index in [9.17, 15) is 4.79 Å². The molecular weight excluding hydrogens is 300 g/mol. The molecule has 2 aromatic rings. The number of likely N-dealkylation sites (tertiary alicyclic amines) is 1. The highest BCUT2D eigenvalue weighted by Crippen LogP contribution is 2.32. The number of carbonyl (C=O) groups excluding carboxylic acids is 1. The van der Waals surface area contributed by atoms with Crippen LogP contribution in [0.25, 0.3) is 10.6 Å². The first-order chi connectivity index (χ1) is 10.2. The van der Waals surface area contributed by atoms with Gasteiger partial charge in [-0.05, 0) is 44.1 Å². The molecule has 1 aliphatic heterocycles. The van der Waals surface area contributed by atoms with Crippen molar-refractivity contribution >= 4 is 28.6 Å². The lowest BCUT2D eigenvalue weighted by Crippen LogP contribution is -2.35. The van der Waals surface area contributed by atoms with Crippen LogP contribution in [0.4, 0.5) is 0 Å². The summed E-state index contributed by atoms with van der Waals surface area (Å²) in [6.45, 7) is 3.92. The summed E-state index contributed by atoms with van der Waals surface area (Å²) in [7, 11) is 0. The molecule has 0 atom stereocenters. The first-order valence-electron chi connectivity index (χ1n) is 7.52. The Bertz CT molecular complexity index is 598. The Hall–Kier alpha value is -1.20. The van der Waals surface area contributed by atoms with Gasteiger partial charge in [0.1, 0.15) is 0 Å². The molecule has 1 fully saturated rings. The van der Waals surface area contributed by atoms with Crippen molar-refractivity contribution in [1.29, 1.82) is 0 Å². The fourth-order valence-corrected chi connectivity index (χ4v) is 4.52. The second-order valence-corrected chi connectivity index (χ2v) is 7.66. The second kappa shape index (κ2) is 6.71. The second-order valence-electron chi connectivity index (χ2n) is 5.42. The van der Waals surface area contributed by atoms with Gasteiger partial charge in [-0.1, -0.05) is 6.07 Å². The number of nitrogens with zero attached hydrogens (tertiary/aromatic N) is 2. The summed E-state index contributed by atoms with van der Waals surface area (Å²) in [5.41, 5.74) is 1.08. The van der Waals surface area contributed by atoms with Crippen LogP contribution >= 0.6 is 22.7 Å². The number of hydrogen-bond acceptors (Lipinski definition) is 4. The van der Waals surface area contributed by atoms with Crippen LogP contribution in [0.3, 0.4) is 0 Å². The summed E-state index contributed by atoms with van der Waals surface area (Å²) < 4.78 is 0. The monoisotopic (exact) mass is 320 g/mol. The van der Waals surface area contributed by atoms with E-state index in [2.05, 4.69) is 22.5 Å². The highest BCUT2D eigenvalue weighted by Gasteiger charge is 2.18. The first kappa shape index (κ1) is 14.7. The maximum absolute atomic E-state index is 12.3. The maximum atomic E-state index is 12.3. The first-order valence-corrected chi connectivity index (χ1v) is 9.21. The van der Waals surface area contributed by atoms with Gasteiger partial charge >= 0.3 is 0 Å². The predicted octanol–water partition coefficient (Wildman–Crippen LogP) is 4.13. The van der Waals surface area contributed by atoms with Crippen LogP contribution in [0.15, 0.2) is 17.5 Å². The van der Waals surface area contributed by atoms with Crippen molar-refractivity contribution in [3.05, 3.63) is 27.4 Å². The molecule has 1 amide bonds. The minimum Gasteiger partial charge on any atom is -0.343 e. The van der Waals surface area contributed by atoms with E-state index in [1.54, 1.807) is 22.7 Å². The molecule has 0 N–H and O–H groups in total. The van der Waals surface area contributed by atoms with Gasteiger partial charge in [0.05, 0.1) is 15.6 Å². The Kier molecular flexibility index (Phi) is 4.70. The minimum absolute atomic E-state index is 0.304. The Morgan fingerprint density at radius 2 is 2.14 bits per heavy atom. The van der Waals surface area contributed by atoms with Gasteiger partial charge in [0.25, 0.3) is 0 Å². The summed E-state index contributed by atoms with van der Waals surface area (Å²) in [4.78, 5) is 21.4. The van der Waals surface area contributed by atoms with E-state index in [0.717, 1.165) is 43.1 Å². The number of piperidine rings is 1. The van der Waals surface area contributed by atoms with Crippen molar-refractivity contribution in [3.8, 4) is 10.6 Å². The average molecular weight is 320 g/mol. The molecule has 0 radical (unpaired) electrons. The van der Waals surface area contributed by atoms with Gasteiger partial charge in [-0.3, -0.25) is 4.79 Å². The van der Waals surface area contributed by atoms with Crippen molar-refractivity contribution in [2.75, 3.05) is 13.1 Å². The molecule has 3 nitrogen and oxygen atoms in total. The maximum Gasteiger partial charge on any atom is 0.222 e. The number of amides is 1. The van der Waals surface area contributed by atoms with Crippen molar-refractivity contribution < 1.29 is 4.79 Å². The molecule has 1 saturated heterocycles. The fraction of sp³-hybridized carbons (Fsp3) is 0.500. The van der Waals surface area contributed by atoms with Crippen LogP contribution < -0.4 is 0 Å². The Labute approximate surface area is 133 Å². The molecule has 0 saturated carbocycles. The van der Waals surface area contributed by atoms with E-state index in [-0.39, 0.29) is 0 Å². The van der Waals surface area contributed by atoms with E-state index in [0.29, 0.717) is 12.3 Å². The molecule has 0 spiro atoms. The number of carbonyl (C=O) groups is 1. The van der Waals surface area contributed by atoms with Crippen LogP contribution in [-0.2, 0) is 11.2 Å². The quantitative estimate of drug-likeness (QED) is 0.849. The van der Waals surface area contributed by atoms with E-state index in [4.69, 9.17) is 0 Å². The number of aryl methyl sites for hydroxylation is 2. The van der Waals surface area contributed by atoms with Crippen molar-refractivity contribution in [3.63, 3.8) is 0 Å². The van der Waals surface area contributed by atoms with Gasteiger partial charge in [0.2, 0.25) is 5.91 Å². The molecular formula is C16H20N2OS2. The average Bonchev–Trinajstić information content (AvgIpc) is 3.14. The third-order valence-electron chi connectivity index (χ3n) is 3.83. The number of thiophene rings is 1. The van der Waals surface area contributed by atoms with E-state index in [1.807, 2.05) is 11.8 Å². The van der Waals surface area contributed by atoms with E-state index < -0.39 is 0 Å². The number of hydrogen-bond donors (Lipinski definition) is 0. The van der Waals surface area contributed by atoms with Gasteiger partial charge in [-0.25, -0.2) is 4.98 Å². The SMILES string of the molecule is Cc1nc(-c2cccs2)c(CCC(=O)N2CCCCC2)s1. The van der Waals surface area contributed by atoms with Crippen LogP contribution in [0, 0.1) is 6.92 Å². The van der Waals surface area contributed by atoms with Gasteiger partial charge in [0, 0.05) is 24.4 Å². The Morgan fingerprint density at radius 3 is 2.86 bits per heavy atom. The third kappa shape index (κ3) is 3.52. The molecule has 3 heterocycles. The molecule has 112 valence electrons. The summed E-state index contributed by atoms with van der Waals surface area (Å²) in [6.07, 6.45) is 5.01. The largest absolute Gasteiger partial charge is 0.343 e. The number of thiazole rings is 1. The lowest BCUT2D eigenvalue weighted by molar-refractivity contribution is -0.132. The van der Waals surface area contributed by atoms with E-state index in [1.165, 1.54) is 16.2 Å². The Balaban J connectivity index is 1.66. The molecule has 21 heavy (non-hydrogen) atoms. The summed E-state index contributed by atoms with van der Waals surface area (Å²) >= 11 is 3.44. The molecule has 0 aromatic carbocycles. The standard InChI is InChI=1S/C16H20N2OS2/c1-12-17-16(13-6-5-11-20-13)14(21-12)7-8-15(19)18-9-3-2-4-10-18/h5-6,11H,2-4,7-10H2,1H3. The molecule has 3 rings (SSSR count). The topological polar surface area (TPSA) is 33.2 Å². The number of aromatic nitrogens is 1. The molecule has 0 bridgehead atoms. The zero-order valence-electron chi connectivity index (χ0n) is 12.3. The van der Waals surface area contributed by atoms with Gasteiger partial charge in [0.15, 0.2) is 0 Å². The molecule has 1 aliphatic rings. The highest BCUT2D eigenvalue weighted by molar-refractivity contribution is 7.15. The van der Waals surface area contributed by atoms with Crippen LogP contribution in [-0.4, -0.2) is 28.9 Å². The normalized spacial score (nSPS) is 15.4. The zero-order valence-corrected chi connectivity index (χ0v) is 13.9. The smallest absolute Gasteiger partial charge is 0.222 e. The molecule has 2 aromatic heterocycles. The molecule has 0 aliphatic carbocycles. The van der Waals surface area contributed by atoms with Crippen molar-refractivity contribution in [1.82, 2.24) is 9.88 Å². The highest BCUT2D eigenvalue weighted by atomic mass is 32.1. The minimum atomic E-state index is 0.304. The van der Waals surface area contributed by atoms with Gasteiger partial charge in [-0.2, -0.15) is 0 Å². The van der Waals surface area contributed by atoms with Gasteiger partial charge < -0.3 is 4.90 Å². The fourth-order valence-electron chi connectivity index (χ4n) is 2.77. The zero-order chi connectivity index (χ0) is 14.7. The number of rotatable bonds is 4. The third-order valence-corrected chi connectivity index (χ3v) is 5.74. The van der Waals surface area contributed by atoms with Crippen LogP contribution in [0.1, 0.15) is 35.6 Å². The molecule has 5 heteroatoms. The summed E-state index contributed by atoms with van der Waals surface area (Å²) in [6, 6.07) is 4.16. The van der Waals surface area contributed by atoms with Gasteiger partial charge in [-0.15, -0.1) is 22.7 Å². The summed E-state index contributed by atoms with van der Waals surface area (Å²) in [5, 5.41) is 3.16. The van der Waals surface area contributed by atoms with Crippen LogP contribution in [0.5, 0.6) is 0 Å². The van der Waals surface area contributed by atoms with Crippen molar-refractivity contribution in [2.45, 2.75) is 39.0 Å².